The monoisotopic (exact) mass is 214 g/mol. The van der Waals surface area contributed by atoms with Gasteiger partial charge in [-0.15, -0.1) is 0 Å². The van der Waals surface area contributed by atoms with Crippen molar-refractivity contribution in [1.29, 1.82) is 0 Å². The molecule has 0 fully saturated rings. The van der Waals surface area contributed by atoms with Crippen LogP contribution in [0.4, 0.5) is 8.78 Å². The lowest BCUT2D eigenvalue weighted by molar-refractivity contribution is 0.320. The number of carbonyl (C=O) groups excluding carboxylic acids is 1. The van der Waals surface area contributed by atoms with E-state index in [9.17, 15) is 8.78 Å². The van der Waals surface area contributed by atoms with Crippen molar-refractivity contribution in [3.63, 3.8) is 0 Å². The number of allylic oxidation sites excluding steroid dienone is 4. The first-order valence-corrected chi connectivity index (χ1v) is 3.79. The molecule has 0 bridgehead atoms. The highest BCUT2D eigenvalue weighted by molar-refractivity contribution is 6.54. The molecule has 1 atom stereocenters. The Morgan fingerprint density at radius 3 is 2.42 bits per heavy atom. The van der Waals surface area contributed by atoms with Crippen molar-refractivity contribution in [2.24, 2.45) is 0 Å². The maximum atomic E-state index is 12.5. The highest BCUT2D eigenvalue weighted by Crippen LogP contribution is 2.30. The molecule has 12 heavy (non-hydrogen) atoms. The third-order valence-corrected chi connectivity index (χ3v) is 1.28. The van der Waals surface area contributed by atoms with Crippen LogP contribution in [0.3, 0.4) is 0 Å². The molecule has 0 N–H and O–H groups in total. The lowest BCUT2D eigenvalue weighted by atomic mass is 10.1. The molecule has 0 saturated carbocycles. The summed E-state index contributed by atoms with van der Waals surface area (Å²) in [5.74, 6) is -0.296. The Morgan fingerprint density at radius 2 is 2.17 bits per heavy atom. The molecule has 1 rings (SSSR count). The average Bonchev–Trinajstić information content (AvgIpc) is 1.85. The fourth-order valence-electron chi connectivity index (χ4n) is 0.636. The average molecular weight is 215 g/mol. The zero-order valence-electron chi connectivity index (χ0n) is 5.94. The number of rotatable bonds is 0. The molecular formula is C7H6Cl2F2O. The Hall–Kier alpha value is -0.410. The molecule has 0 heterocycles. The summed E-state index contributed by atoms with van der Waals surface area (Å²) in [4.78, 5) is 8.57. The molecule has 1 aliphatic rings. The smallest absolute Gasteiger partial charge is 0.208 e. The molecule has 68 valence electrons. The van der Waals surface area contributed by atoms with Crippen LogP contribution in [0.5, 0.6) is 0 Å². The van der Waals surface area contributed by atoms with E-state index in [1.807, 2.05) is 0 Å². The number of alkyl halides is 2. The van der Waals surface area contributed by atoms with Crippen molar-refractivity contribution in [3.05, 3.63) is 24.1 Å². The van der Waals surface area contributed by atoms with Gasteiger partial charge in [0.15, 0.2) is 0 Å². The molecule has 1 unspecified atom stereocenters. The van der Waals surface area contributed by atoms with E-state index in [0.717, 1.165) is 6.08 Å². The maximum Gasteiger partial charge on any atom is 0.208 e. The molecule has 0 radical (unpaired) electrons. The van der Waals surface area contributed by atoms with Crippen LogP contribution >= 0.6 is 23.2 Å². The van der Waals surface area contributed by atoms with Gasteiger partial charge in [-0.25, -0.2) is 8.78 Å². The SMILES string of the molecule is FC1=CC=CC(F)(Cl)C1.O=CCl. The molecule has 1 nitrogen and oxygen atoms in total. The van der Waals surface area contributed by atoms with Crippen molar-refractivity contribution in [3.8, 4) is 0 Å². The van der Waals surface area contributed by atoms with Crippen LogP contribution in [0.1, 0.15) is 6.42 Å². The summed E-state index contributed by atoms with van der Waals surface area (Å²) in [6.07, 6.45) is 3.23. The van der Waals surface area contributed by atoms with Crippen molar-refractivity contribution < 1.29 is 13.6 Å². The van der Waals surface area contributed by atoms with Crippen LogP contribution in [-0.2, 0) is 4.79 Å². The van der Waals surface area contributed by atoms with E-state index in [0.29, 0.717) is 0 Å². The molecular weight excluding hydrogens is 209 g/mol. The van der Waals surface area contributed by atoms with Gasteiger partial charge in [-0.05, 0) is 23.8 Å². The van der Waals surface area contributed by atoms with E-state index >= 15 is 0 Å². The summed E-state index contributed by atoms with van der Waals surface area (Å²) in [6.45, 7) is 0. The topological polar surface area (TPSA) is 17.1 Å². The lowest BCUT2D eigenvalue weighted by Crippen LogP contribution is -2.12. The first kappa shape index (κ1) is 11.6. The Labute approximate surface area is 78.6 Å². The summed E-state index contributed by atoms with van der Waals surface area (Å²) >= 11 is 9.45. The summed E-state index contributed by atoms with van der Waals surface area (Å²) in [7, 11) is 0. The summed E-state index contributed by atoms with van der Waals surface area (Å²) in [5, 5.41) is -2.00. The van der Waals surface area contributed by atoms with E-state index in [4.69, 9.17) is 16.4 Å². The third-order valence-electron chi connectivity index (χ3n) is 1.02. The van der Waals surface area contributed by atoms with Gasteiger partial charge >= 0.3 is 0 Å². The van der Waals surface area contributed by atoms with E-state index in [2.05, 4.69) is 11.6 Å². The number of halogens is 4. The zero-order valence-corrected chi connectivity index (χ0v) is 7.45. The molecule has 0 aromatic heterocycles. The molecule has 0 saturated heterocycles. The van der Waals surface area contributed by atoms with Gasteiger partial charge < -0.3 is 0 Å². The molecule has 1 aliphatic carbocycles. The van der Waals surface area contributed by atoms with Crippen LogP contribution in [0.2, 0.25) is 0 Å². The Bertz CT molecular complexity index is 211. The van der Waals surface area contributed by atoms with Gasteiger partial charge in [0.1, 0.15) is 5.83 Å². The minimum Gasteiger partial charge on any atom is -0.285 e. The normalized spacial score (nSPS) is 26.8. The largest absolute Gasteiger partial charge is 0.285 e. The van der Waals surface area contributed by atoms with Gasteiger partial charge in [-0.1, -0.05) is 17.7 Å². The van der Waals surface area contributed by atoms with Gasteiger partial charge in [-0.3, -0.25) is 4.79 Å². The second-order valence-corrected chi connectivity index (χ2v) is 2.81. The molecule has 0 aliphatic heterocycles. The molecule has 0 spiro atoms. The van der Waals surface area contributed by atoms with Crippen molar-refractivity contribution in [2.45, 2.75) is 11.5 Å². The summed E-state index contributed by atoms with van der Waals surface area (Å²) < 4.78 is 24.7. The number of hydrogen-bond donors (Lipinski definition) is 0. The van der Waals surface area contributed by atoms with E-state index in [-0.39, 0.29) is 12.2 Å². The lowest BCUT2D eigenvalue weighted by Gasteiger charge is -2.13. The summed E-state index contributed by atoms with van der Waals surface area (Å²) in [6, 6.07) is 0. The standard InChI is InChI=1S/C6H5ClF2.CHClO/c7-6(9)3-1-2-5(8)4-6;2-1-3/h1-3H,4H2;1H. The van der Waals surface area contributed by atoms with Crippen LogP contribution in [0, 0.1) is 0 Å². The Balaban J connectivity index is 0.000000354. The van der Waals surface area contributed by atoms with Crippen molar-refractivity contribution >= 4 is 28.9 Å². The highest BCUT2D eigenvalue weighted by Gasteiger charge is 2.26. The first-order chi connectivity index (χ1) is 5.52. The molecule has 5 heteroatoms. The van der Waals surface area contributed by atoms with Crippen molar-refractivity contribution in [1.82, 2.24) is 0 Å². The fraction of sp³-hybridized carbons (Fsp3) is 0.286. The van der Waals surface area contributed by atoms with E-state index in [1.165, 1.54) is 12.2 Å². The van der Waals surface area contributed by atoms with Crippen LogP contribution in [0.25, 0.3) is 0 Å². The van der Waals surface area contributed by atoms with Gasteiger partial charge in [0.25, 0.3) is 0 Å². The predicted octanol–water partition coefficient (Wildman–Crippen LogP) is 3.12. The number of hydrogen-bond acceptors (Lipinski definition) is 1. The van der Waals surface area contributed by atoms with Crippen LogP contribution < -0.4 is 0 Å². The Morgan fingerprint density at radius 1 is 1.67 bits per heavy atom. The highest BCUT2D eigenvalue weighted by atomic mass is 35.5. The van der Waals surface area contributed by atoms with Gasteiger partial charge in [0.05, 0.1) is 6.42 Å². The quantitative estimate of drug-likeness (QED) is 0.344. The van der Waals surface area contributed by atoms with Gasteiger partial charge in [0, 0.05) is 0 Å². The van der Waals surface area contributed by atoms with E-state index in [1.54, 1.807) is 0 Å². The third kappa shape index (κ3) is 5.27. The van der Waals surface area contributed by atoms with Gasteiger partial charge in [-0.2, -0.15) is 0 Å². The second-order valence-electron chi connectivity index (χ2n) is 2.00. The molecule has 0 aromatic rings. The van der Waals surface area contributed by atoms with Gasteiger partial charge in [0.2, 0.25) is 10.9 Å². The van der Waals surface area contributed by atoms with Crippen LogP contribution in [-0.4, -0.2) is 10.9 Å². The van der Waals surface area contributed by atoms with Crippen LogP contribution in [0.15, 0.2) is 24.1 Å². The fourth-order valence-corrected chi connectivity index (χ4v) is 0.837. The first-order valence-electron chi connectivity index (χ1n) is 2.97. The second kappa shape index (κ2) is 5.27. The molecule has 0 amide bonds. The predicted molar refractivity (Wildman–Crippen MR) is 45.2 cm³/mol. The van der Waals surface area contributed by atoms with Crippen molar-refractivity contribution in [2.75, 3.05) is 0 Å². The molecule has 0 aromatic carbocycles. The maximum absolute atomic E-state index is 12.5. The Kier molecular flexibility index (Phi) is 5.09. The minimum absolute atomic E-state index is 0.222. The zero-order chi connectivity index (χ0) is 9.61. The summed E-state index contributed by atoms with van der Waals surface area (Å²) in [5.41, 5.74) is 0. The minimum atomic E-state index is -2.00. The van der Waals surface area contributed by atoms with E-state index < -0.39 is 11.0 Å². The number of carbonyl (C=O) groups is 1.